The largest absolute Gasteiger partial charge is 0.493 e. The molecule has 0 aromatic heterocycles. The average molecular weight is 566 g/mol. The highest BCUT2D eigenvalue weighted by atomic mass is 16.5. The number of methoxy groups -OCH3 is 3. The third kappa shape index (κ3) is 3.55. The Bertz CT molecular complexity index is 1640. The highest BCUT2D eigenvalue weighted by Gasteiger charge is 2.72. The normalized spacial score (nSPS) is 21.7. The number of carbonyl (C=O) groups excluding carboxylic acids is 3. The van der Waals surface area contributed by atoms with Crippen molar-refractivity contribution in [2.45, 2.75) is 45.7 Å². The Hall–Kier alpha value is -4.39. The zero-order valence-electron chi connectivity index (χ0n) is 25.0. The molecule has 0 bridgehead atoms. The summed E-state index contributed by atoms with van der Waals surface area (Å²) in [6.07, 6.45) is 3.90. The maximum atomic E-state index is 14.8. The second-order valence-electron chi connectivity index (χ2n) is 12.3. The molecule has 7 heteroatoms. The topological polar surface area (TPSA) is 82.1 Å². The summed E-state index contributed by atoms with van der Waals surface area (Å²) in [5.41, 5.74) is 1.70. The lowest BCUT2D eigenvalue weighted by Gasteiger charge is -2.38. The van der Waals surface area contributed by atoms with Gasteiger partial charge in [-0.2, -0.15) is 0 Å². The zero-order valence-corrected chi connectivity index (χ0v) is 25.0. The molecule has 2 heterocycles. The minimum absolute atomic E-state index is 0.0791. The first-order valence-electron chi connectivity index (χ1n) is 14.1. The predicted octanol–water partition coefficient (Wildman–Crippen LogP) is 6.07. The van der Waals surface area contributed by atoms with Crippen LogP contribution in [0.15, 0.2) is 60.7 Å². The molecule has 3 aromatic rings. The van der Waals surface area contributed by atoms with Crippen molar-refractivity contribution in [1.82, 2.24) is 0 Å². The van der Waals surface area contributed by atoms with Gasteiger partial charge in [-0.15, -0.1) is 0 Å². The van der Waals surface area contributed by atoms with Gasteiger partial charge in [0.2, 0.25) is 5.75 Å². The fraction of sp³-hybridized carbons (Fsp3) is 0.343. The fourth-order valence-corrected chi connectivity index (χ4v) is 7.25. The molecule has 7 nitrogen and oxygen atoms in total. The Kier molecular flexibility index (Phi) is 6.33. The van der Waals surface area contributed by atoms with Crippen molar-refractivity contribution in [3.8, 4) is 17.2 Å². The van der Waals surface area contributed by atoms with Crippen molar-refractivity contribution in [3.05, 3.63) is 88.5 Å². The number of nitrogens with zero attached hydrogens (tertiary/aromatic N) is 1. The molecular weight excluding hydrogens is 530 g/mol. The molecule has 3 atom stereocenters. The van der Waals surface area contributed by atoms with E-state index in [0.29, 0.717) is 33.9 Å². The van der Waals surface area contributed by atoms with Crippen LogP contribution in [0.1, 0.15) is 64.1 Å². The van der Waals surface area contributed by atoms with E-state index < -0.39 is 28.8 Å². The smallest absolute Gasteiger partial charge is 0.203 e. The van der Waals surface area contributed by atoms with Crippen molar-refractivity contribution in [2.75, 3.05) is 26.2 Å². The second-order valence-corrected chi connectivity index (χ2v) is 12.3. The minimum atomic E-state index is -1.62. The van der Waals surface area contributed by atoms with Gasteiger partial charge < -0.3 is 19.1 Å². The molecule has 0 unspecified atom stereocenters. The van der Waals surface area contributed by atoms with E-state index >= 15 is 0 Å². The van der Waals surface area contributed by atoms with Gasteiger partial charge in [0.25, 0.3) is 0 Å². The van der Waals surface area contributed by atoms with Crippen LogP contribution in [-0.4, -0.2) is 50.8 Å². The van der Waals surface area contributed by atoms with Crippen LogP contribution in [0.4, 0.5) is 5.69 Å². The maximum Gasteiger partial charge on any atom is 0.203 e. The van der Waals surface area contributed by atoms with E-state index in [4.69, 9.17) is 14.2 Å². The summed E-state index contributed by atoms with van der Waals surface area (Å²) in [5, 5.41) is 0. The van der Waals surface area contributed by atoms with E-state index in [1.807, 2.05) is 56.9 Å². The monoisotopic (exact) mass is 565 g/mol. The van der Waals surface area contributed by atoms with E-state index in [-0.39, 0.29) is 17.3 Å². The Morgan fingerprint density at radius 2 is 1.50 bits per heavy atom. The van der Waals surface area contributed by atoms with E-state index in [9.17, 15) is 14.4 Å². The Balaban J connectivity index is 1.75. The fourth-order valence-electron chi connectivity index (χ4n) is 7.25. The van der Waals surface area contributed by atoms with Gasteiger partial charge in [0.15, 0.2) is 28.8 Å². The molecule has 0 saturated carbocycles. The van der Waals surface area contributed by atoms with Crippen LogP contribution in [0.5, 0.6) is 17.2 Å². The minimum Gasteiger partial charge on any atom is -0.493 e. The van der Waals surface area contributed by atoms with Crippen molar-refractivity contribution in [1.29, 1.82) is 0 Å². The zero-order chi connectivity index (χ0) is 30.1. The molecule has 3 aliphatic rings. The van der Waals surface area contributed by atoms with Crippen LogP contribution in [0.3, 0.4) is 0 Å². The number of benzene rings is 3. The van der Waals surface area contributed by atoms with Crippen LogP contribution < -0.4 is 19.1 Å². The number of ether oxygens (including phenoxy) is 3. The van der Waals surface area contributed by atoms with Gasteiger partial charge >= 0.3 is 0 Å². The van der Waals surface area contributed by atoms with Gasteiger partial charge in [-0.1, -0.05) is 74.9 Å². The molecule has 0 radical (unpaired) electrons. The maximum absolute atomic E-state index is 14.8. The van der Waals surface area contributed by atoms with E-state index in [0.717, 1.165) is 16.8 Å². The first-order chi connectivity index (χ1) is 20.0. The summed E-state index contributed by atoms with van der Waals surface area (Å²) in [6.45, 7) is 7.64. The number of Topliss-reactive ketones (excluding diaryl/α,β-unsaturated/α-hetero) is 3. The summed E-state index contributed by atoms with van der Waals surface area (Å²) in [4.78, 5) is 46.4. The lowest BCUT2D eigenvalue weighted by molar-refractivity contribution is -0.127. The molecule has 1 fully saturated rings. The molecule has 0 amide bonds. The van der Waals surface area contributed by atoms with Crippen molar-refractivity contribution in [2.24, 2.45) is 10.8 Å². The third-order valence-electron chi connectivity index (χ3n) is 9.04. The van der Waals surface area contributed by atoms with Crippen LogP contribution in [0.2, 0.25) is 0 Å². The summed E-state index contributed by atoms with van der Waals surface area (Å²) in [5.74, 6) is -0.444. The van der Waals surface area contributed by atoms with Gasteiger partial charge in [0.1, 0.15) is 5.41 Å². The predicted molar refractivity (Wildman–Crippen MR) is 161 cm³/mol. The summed E-state index contributed by atoms with van der Waals surface area (Å²) >= 11 is 0. The van der Waals surface area contributed by atoms with Gasteiger partial charge in [0, 0.05) is 33.7 Å². The number of aryl methyl sites for hydroxylation is 1. The Labute approximate surface area is 246 Å². The highest BCUT2D eigenvalue weighted by molar-refractivity contribution is 6.32. The van der Waals surface area contributed by atoms with Crippen molar-refractivity contribution >= 4 is 29.1 Å². The third-order valence-corrected chi connectivity index (χ3v) is 9.04. The van der Waals surface area contributed by atoms with Crippen molar-refractivity contribution < 1.29 is 28.6 Å². The average Bonchev–Trinajstić information content (AvgIpc) is 3.40. The van der Waals surface area contributed by atoms with E-state index in [2.05, 4.69) is 6.07 Å². The SMILES string of the molecule is COc1ccc([C@H]2[C@@H](C(=O)C(C)(C)C)N3c4ccc(C)cc4C=C[C@H]3C23C(=O)c2ccccc2C3=O)c(OC)c1OC. The number of ketones is 3. The molecule has 1 saturated heterocycles. The Morgan fingerprint density at radius 1 is 0.857 bits per heavy atom. The number of hydrogen-bond acceptors (Lipinski definition) is 7. The van der Waals surface area contributed by atoms with E-state index in [1.54, 1.807) is 36.4 Å². The lowest BCUT2D eigenvalue weighted by atomic mass is 9.63. The van der Waals surface area contributed by atoms with Crippen molar-refractivity contribution in [3.63, 3.8) is 0 Å². The number of carbonyl (C=O) groups is 3. The molecule has 216 valence electrons. The van der Waals surface area contributed by atoms with Crippen LogP contribution >= 0.6 is 0 Å². The number of hydrogen-bond donors (Lipinski definition) is 0. The van der Waals surface area contributed by atoms with Gasteiger partial charge in [0.05, 0.1) is 33.4 Å². The molecule has 2 aliphatic heterocycles. The molecule has 42 heavy (non-hydrogen) atoms. The standard InChI is InChI=1S/C35H35NO6/c1-19-12-15-24-20(18-19)13-17-26-35(31(37)21-10-8-9-11-22(21)32(35)38)27(28(36(24)26)33(39)34(2,3)4)23-14-16-25(40-5)30(42-7)29(23)41-6/h8-18,26-28H,1-7H3/t26-,27-,28-/m0/s1. The van der Waals surface area contributed by atoms with Gasteiger partial charge in [-0.25, -0.2) is 0 Å². The second kappa shape index (κ2) is 9.58. The molecule has 1 aliphatic carbocycles. The van der Waals surface area contributed by atoms with Gasteiger partial charge in [-0.3, -0.25) is 14.4 Å². The molecule has 3 aromatic carbocycles. The van der Waals surface area contributed by atoms with Crippen LogP contribution in [0, 0.1) is 17.8 Å². The Morgan fingerprint density at radius 3 is 2.07 bits per heavy atom. The highest BCUT2D eigenvalue weighted by Crippen LogP contribution is 2.63. The summed E-state index contributed by atoms with van der Waals surface area (Å²) in [6, 6.07) is 15.0. The van der Waals surface area contributed by atoms with Gasteiger partial charge in [-0.05, 0) is 30.7 Å². The van der Waals surface area contributed by atoms with Crippen LogP contribution in [-0.2, 0) is 4.79 Å². The number of anilines is 1. The first kappa shape index (κ1) is 27.8. The molecule has 0 N–H and O–H groups in total. The number of rotatable bonds is 5. The quantitative estimate of drug-likeness (QED) is 0.347. The molecular formula is C35H35NO6. The summed E-state index contributed by atoms with van der Waals surface area (Å²) in [7, 11) is 4.56. The first-order valence-corrected chi connectivity index (χ1v) is 14.1. The lowest BCUT2D eigenvalue weighted by Crippen LogP contribution is -2.49. The molecule has 1 spiro atoms. The molecule has 6 rings (SSSR count). The number of fused-ring (bicyclic) bond motifs is 5. The summed E-state index contributed by atoms with van der Waals surface area (Å²) < 4.78 is 17.3. The van der Waals surface area contributed by atoms with Crippen LogP contribution in [0.25, 0.3) is 6.08 Å². The van der Waals surface area contributed by atoms with E-state index in [1.165, 1.54) is 21.3 Å².